The van der Waals surface area contributed by atoms with Gasteiger partial charge in [-0.25, -0.2) is 4.98 Å². The van der Waals surface area contributed by atoms with E-state index in [-0.39, 0.29) is 24.4 Å². The Hall–Kier alpha value is -1.03. The van der Waals surface area contributed by atoms with Gasteiger partial charge in [0, 0.05) is 12.4 Å². The molecule has 4 heterocycles. The molecule has 3 aliphatic heterocycles. The molecular formula is C16H24N2O6. The zero-order valence-corrected chi connectivity index (χ0v) is 14.4. The van der Waals surface area contributed by atoms with Gasteiger partial charge in [-0.1, -0.05) is 0 Å². The van der Waals surface area contributed by atoms with Crippen LogP contribution in [-0.2, 0) is 35.2 Å². The SMILES string of the molecule is CC1(C)OC[C@H]([C@H]2OC3OC(C)(C)O[C@@H]3[C@H]2OCn2ccnc2)O1. The standard InChI is InChI=1S/C16H24N2O6/c1-15(2)20-7-10(22-15)11-12(19-9-18-6-5-17-8-18)13-14(21-11)24-16(3,4)23-13/h5-6,8,10-14H,7,9H2,1-4H3/t10-,11-,12+,13-,14?/m1/s1. The summed E-state index contributed by atoms with van der Waals surface area (Å²) in [4.78, 5) is 4.02. The van der Waals surface area contributed by atoms with E-state index in [0.717, 1.165) is 0 Å². The highest BCUT2D eigenvalue weighted by molar-refractivity contribution is 4.98. The van der Waals surface area contributed by atoms with Crippen LogP contribution in [-0.4, -0.2) is 58.4 Å². The van der Waals surface area contributed by atoms with Gasteiger partial charge in [0.2, 0.25) is 0 Å². The summed E-state index contributed by atoms with van der Waals surface area (Å²) >= 11 is 0. The molecule has 0 spiro atoms. The van der Waals surface area contributed by atoms with Gasteiger partial charge in [0.25, 0.3) is 0 Å². The van der Waals surface area contributed by atoms with Crippen LogP contribution in [0.1, 0.15) is 27.7 Å². The van der Waals surface area contributed by atoms with Gasteiger partial charge >= 0.3 is 0 Å². The summed E-state index contributed by atoms with van der Waals surface area (Å²) in [6.07, 6.45) is 3.62. The smallest absolute Gasteiger partial charge is 0.190 e. The van der Waals surface area contributed by atoms with Gasteiger partial charge in [0.05, 0.1) is 12.9 Å². The average Bonchev–Trinajstić information content (AvgIpc) is 3.21. The lowest BCUT2D eigenvalue weighted by atomic mass is 10.1. The number of hydrogen-bond donors (Lipinski definition) is 0. The molecule has 0 aromatic carbocycles. The third-order valence-corrected chi connectivity index (χ3v) is 4.40. The average molecular weight is 340 g/mol. The molecule has 0 bridgehead atoms. The third kappa shape index (κ3) is 3.10. The minimum atomic E-state index is -0.691. The molecule has 1 unspecified atom stereocenters. The van der Waals surface area contributed by atoms with Crippen LogP contribution in [0, 0.1) is 0 Å². The highest BCUT2D eigenvalue weighted by Crippen LogP contribution is 2.41. The maximum atomic E-state index is 6.11. The second-order valence-corrected chi connectivity index (χ2v) is 7.27. The molecule has 0 aliphatic carbocycles. The number of nitrogens with zero attached hydrogens (tertiary/aromatic N) is 2. The Balaban J connectivity index is 1.50. The van der Waals surface area contributed by atoms with E-state index in [4.69, 9.17) is 28.4 Å². The number of fused-ring (bicyclic) bond motifs is 1. The topological polar surface area (TPSA) is 73.2 Å². The van der Waals surface area contributed by atoms with E-state index in [1.807, 2.05) is 38.5 Å². The number of rotatable bonds is 4. The summed E-state index contributed by atoms with van der Waals surface area (Å²) in [5, 5.41) is 0. The molecule has 5 atom stereocenters. The van der Waals surface area contributed by atoms with E-state index >= 15 is 0 Å². The van der Waals surface area contributed by atoms with E-state index in [9.17, 15) is 0 Å². The lowest BCUT2D eigenvalue weighted by molar-refractivity contribution is -0.238. The molecule has 1 aromatic rings. The van der Waals surface area contributed by atoms with Crippen molar-refractivity contribution in [3.05, 3.63) is 18.7 Å². The number of ether oxygens (including phenoxy) is 6. The first-order valence-corrected chi connectivity index (χ1v) is 8.23. The van der Waals surface area contributed by atoms with Crippen molar-refractivity contribution in [1.29, 1.82) is 0 Å². The van der Waals surface area contributed by atoms with Crippen LogP contribution >= 0.6 is 0 Å². The maximum absolute atomic E-state index is 6.11. The molecule has 0 amide bonds. The second kappa shape index (κ2) is 5.76. The van der Waals surface area contributed by atoms with Gasteiger partial charge in [0.1, 0.15) is 31.1 Å². The van der Waals surface area contributed by atoms with E-state index < -0.39 is 17.9 Å². The van der Waals surface area contributed by atoms with E-state index in [1.165, 1.54) is 0 Å². The number of aromatic nitrogens is 2. The Morgan fingerprint density at radius 1 is 1.12 bits per heavy atom. The summed E-state index contributed by atoms with van der Waals surface area (Å²) in [6, 6.07) is 0. The Kier molecular flexibility index (Phi) is 3.94. The molecule has 3 aliphatic rings. The summed E-state index contributed by atoms with van der Waals surface area (Å²) in [7, 11) is 0. The first kappa shape index (κ1) is 16.4. The largest absolute Gasteiger partial charge is 0.352 e. The molecule has 3 saturated heterocycles. The Morgan fingerprint density at radius 3 is 2.62 bits per heavy atom. The van der Waals surface area contributed by atoms with Crippen LogP contribution in [0.3, 0.4) is 0 Å². The molecule has 1 aromatic heterocycles. The Bertz CT molecular complexity index is 575. The monoisotopic (exact) mass is 340 g/mol. The fraction of sp³-hybridized carbons (Fsp3) is 0.812. The molecule has 8 nitrogen and oxygen atoms in total. The van der Waals surface area contributed by atoms with Gasteiger partial charge in [-0.15, -0.1) is 0 Å². The van der Waals surface area contributed by atoms with Crippen LogP contribution in [0.25, 0.3) is 0 Å². The van der Waals surface area contributed by atoms with Crippen molar-refractivity contribution in [3.8, 4) is 0 Å². The highest BCUT2D eigenvalue weighted by Gasteiger charge is 2.58. The predicted molar refractivity (Wildman–Crippen MR) is 80.7 cm³/mol. The summed E-state index contributed by atoms with van der Waals surface area (Å²) in [5.41, 5.74) is 0. The summed E-state index contributed by atoms with van der Waals surface area (Å²) in [6.45, 7) is 8.32. The van der Waals surface area contributed by atoms with Crippen LogP contribution in [0.15, 0.2) is 18.7 Å². The van der Waals surface area contributed by atoms with Crippen molar-refractivity contribution in [2.45, 2.75) is 76.7 Å². The van der Waals surface area contributed by atoms with Gasteiger partial charge in [-0.05, 0) is 27.7 Å². The molecule has 0 N–H and O–H groups in total. The third-order valence-electron chi connectivity index (χ3n) is 4.40. The van der Waals surface area contributed by atoms with Crippen LogP contribution in [0.5, 0.6) is 0 Å². The lowest BCUT2D eigenvalue weighted by Crippen LogP contribution is -2.44. The number of hydrogen-bond acceptors (Lipinski definition) is 7. The second-order valence-electron chi connectivity index (χ2n) is 7.27. The minimum absolute atomic E-state index is 0.228. The van der Waals surface area contributed by atoms with E-state index in [0.29, 0.717) is 13.3 Å². The van der Waals surface area contributed by atoms with Crippen molar-refractivity contribution in [3.63, 3.8) is 0 Å². The summed E-state index contributed by atoms with van der Waals surface area (Å²) in [5.74, 6) is -1.31. The molecular weight excluding hydrogens is 316 g/mol. The predicted octanol–water partition coefficient (Wildman–Crippen LogP) is 1.25. The fourth-order valence-corrected chi connectivity index (χ4v) is 3.41. The quantitative estimate of drug-likeness (QED) is 0.817. The number of imidazole rings is 1. The van der Waals surface area contributed by atoms with Gasteiger partial charge < -0.3 is 33.0 Å². The maximum Gasteiger partial charge on any atom is 0.190 e. The lowest BCUT2D eigenvalue weighted by Gasteiger charge is -2.29. The van der Waals surface area contributed by atoms with Gasteiger partial charge in [0.15, 0.2) is 17.9 Å². The molecule has 134 valence electrons. The molecule has 0 saturated carbocycles. The van der Waals surface area contributed by atoms with Crippen molar-refractivity contribution in [2.24, 2.45) is 0 Å². The molecule has 8 heteroatoms. The molecule has 4 rings (SSSR count). The summed E-state index contributed by atoms with van der Waals surface area (Å²) < 4.78 is 37.5. The van der Waals surface area contributed by atoms with Gasteiger partial charge in [-0.3, -0.25) is 0 Å². The highest BCUT2D eigenvalue weighted by atomic mass is 16.8. The van der Waals surface area contributed by atoms with E-state index in [2.05, 4.69) is 4.98 Å². The van der Waals surface area contributed by atoms with Crippen molar-refractivity contribution in [2.75, 3.05) is 6.61 Å². The zero-order valence-electron chi connectivity index (χ0n) is 14.4. The van der Waals surface area contributed by atoms with Gasteiger partial charge in [-0.2, -0.15) is 0 Å². The first-order chi connectivity index (χ1) is 11.3. The Labute approximate surface area is 140 Å². The molecule has 24 heavy (non-hydrogen) atoms. The van der Waals surface area contributed by atoms with E-state index in [1.54, 1.807) is 12.5 Å². The van der Waals surface area contributed by atoms with Crippen LogP contribution in [0.2, 0.25) is 0 Å². The zero-order chi connectivity index (χ0) is 16.9. The Morgan fingerprint density at radius 2 is 1.96 bits per heavy atom. The fourth-order valence-electron chi connectivity index (χ4n) is 3.41. The van der Waals surface area contributed by atoms with Crippen molar-refractivity contribution < 1.29 is 28.4 Å². The molecule has 0 radical (unpaired) electrons. The minimum Gasteiger partial charge on any atom is -0.352 e. The normalized spacial score (nSPS) is 40.1. The van der Waals surface area contributed by atoms with Crippen molar-refractivity contribution in [1.82, 2.24) is 9.55 Å². The molecule has 3 fully saturated rings. The van der Waals surface area contributed by atoms with Crippen LogP contribution in [0.4, 0.5) is 0 Å². The van der Waals surface area contributed by atoms with Crippen molar-refractivity contribution >= 4 is 0 Å². The first-order valence-electron chi connectivity index (χ1n) is 8.23. The van der Waals surface area contributed by atoms with Crippen LogP contribution < -0.4 is 0 Å².